The standard InChI is InChI=1S/C20H19N3/c1-2-8-16(9-3-1)15-23-19-12-5-4-11-18(19)22-20(23)14-17-10-6-7-13-21-17/h1-6,8-12H,7,13-15H2. The van der Waals surface area contributed by atoms with Gasteiger partial charge in [0, 0.05) is 25.2 Å². The number of dihydropyridines is 1. The first kappa shape index (κ1) is 13.9. The molecule has 0 bridgehead atoms. The highest BCUT2D eigenvalue weighted by atomic mass is 15.1. The van der Waals surface area contributed by atoms with Gasteiger partial charge in [0.15, 0.2) is 0 Å². The molecular weight excluding hydrogens is 282 g/mol. The predicted octanol–water partition coefficient (Wildman–Crippen LogP) is 4.03. The molecule has 0 saturated heterocycles. The number of benzene rings is 2. The maximum atomic E-state index is 4.85. The first-order valence-electron chi connectivity index (χ1n) is 8.08. The van der Waals surface area contributed by atoms with Crippen LogP contribution in [0, 0.1) is 0 Å². The molecule has 0 unspecified atom stereocenters. The Bertz CT molecular complexity index is 872. The van der Waals surface area contributed by atoms with E-state index in [0.29, 0.717) is 0 Å². The maximum absolute atomic E-state index is 4.85. The largest absolute Gasteiger partial charge is 0.323 e. The van der Waals surface area contributed by atoms with E-state index in [1.165, 1.54) is 11.1 Å². The zero-order valence-electron chi connectivity index (χ0n) is 13.0. The number of rotatable bonds is 4. The first-order valence-corrected chi connectivity index (χ1v) is 8.08. The van der Waals surface area contributed by atoms with Crippen LogP contribution < -0.4 is 0 Å². The fourth-order valence-corrected chi connectivity index (χ4v) is 3.03. The minimum atomic E-state index is 0.790. The van der Waals surface area contributed by atoms with Gasteiger partial charge < -0.3 is 4.57 Å². The summed E-state index contributed by atoms with van der Waals surface area (Å²) in [5.41, 5.74) is 4.66. The Morgan fingerprint density at radius 2 is 1.78 bits per heavy atom. The van der Waals surface area contributed by atoms with Crippen LogP contribution >= 0.6 is 0 Å². The average molecular weight is 301 g/mol. The molecule has 0 radical (unpaired) electrons. The molecule has 2 aromatic carbocycles. The van der Waals surface area contributed by atoms with Crippen molar-refractivity contribution < 1.29 is 0 Å². The number of aliphatic imine (C=N–C) groups is 1. The Morgan fingerprint density at radius 3 is 2.61 bits per heavy atom. The van der Waals surface area contributed by atoms with E-state index in [0.717, 1.165) is 43.0 Å². The number of fused-ring (bicyclic) bond motifs is 1. The molecule has 3 aromatic rings. The number of hydrogen-bond acceptors (Lipinski definition) is 2. The van der Waals surface area contributed by atoms with Crippen LogP contribution in [0.3, 0.4) is 0 Å². The summed E-state index contributed by atoms with van der Waals surface area (Å²) in [6.45, 7) is 1.73. The van der Waals surface area contributed by atoms with E-state index in [-0.39, 0.29) is 0 Å². The lowest BCUT2D eigenvalue weighted by molar-refractivity contribution is 0.772. The van der Waals surface area contributed by atoms with E-state index in [2.05, 4.69) is 70.2 Å². The first-order chi connectivity index (χ1) is 11.4. The topological polar surface area (TPSA) is 30.2 Å². The second-order valence-electron chi connectivity index (χ2n) is 5.83. The summed E-state index contributed by atoms with van der Waals surface area (Å²) < 4.78 is 2.32. The number of aromatic nitrogens is 2. The molecule has 3 nitrogen and oxygen atoms in total. The van der Waals surface area contributed by atoms with Gasteiger partial charge in [0.2, 0.25) is 0 Å². The van der Waals surface area contributed by atoms with E-state index in [4.69, 9.17) is 4.98 Å². The molecule has 114 valence electrons. The van der Waals surface area contributed by atoms with Gasteiger partial charge in [-0.3, -0.25) is 4.99 Å². The van der Waals surface area contributed by atoms with E-state index in [1.807, 2.05) is 6.07 Å². The van der Waals surface area contributed by atoms with Crippen LogP contribution in [0.4, 0.5) is 0 Å². The summed E-state index contributed by atoms with van der Waals surface area (Å²) in [5, 5.41) is 0. The summed E-state index contributed by atoms with van der Waals surface area (Å²) in [7, 11) is 0. The molecule has 1 aromatic heterocycles. The van der Waals surface area contributed by atoms with Crippen molar-refractivity contribution >= 4 is 16.7 Å². The van der Waals surface area contributed by atoms with E-state index >= 15 is 0 Å². The van der Waals surface area contributed by atoms with Crippen molar-refractivity contribution in [2.75, 3.05) is 6.54 Å². The lowest BCUT2D eigenvalue weighted by Gasteiger charge is -2.11. The molecule has 0 amide bonds. The third-order valence-corrected chi connectivity index (χ3v) is 4.18. The highest BCUT2D eigenvalue weighted by Gasteiger charge is 2.13. The van der Waals surface area contributed by atoms with Crippen molar-refractivity contribution in [2.24, 2.45) is 4.99 Å². The van der Waals surface area contributed by atoms with E-state index < -0.39 is 0 Å². The number of allylic oxidation sites excluding steroid dienone is 1. The molecule has 1 aliphatic heterocycles. The van der Waals surface area contributed by atoms with Crippen LogP contribution in [-0.2, 0) is 13.0 Å². The van der Waals surface area contributed by atoms with Crippen molar-refractivity contribution in [3.05, 3.63) is 78.1 Å². The van der Waals surface area contributed by atoms with Gasteiger partial charge in [0.1, 0.15) is 5.82 Å². The number of imidazole rings is 1. The molecular formula is C20H19N3. The summed E-state index contributed by atoms with van der Waals surface area (Å²) in [4.78, 5) is 9.47. The zero-order valence-corrected chi connectivity index (χ0v) is 13.0. The summed E-state index contributed by atoms with van der Waals surface area (Å²) in [6.07, 6.45) is 6.17. The molecule has 3 heteroatoms. The van der Waals surface area contributed by atoms with Gasteiger partial charge in [-0.05, 0) is 30.2 Å². The molecule has 0 atom stereocenters. The number of para-hydroxylation sites is 2. The van der Waals surface area contributed by atoms with Gasteiger partial charge in [-0.1, -0.05) is 48.5 Å². The number of hydrogen-bond donors (Lipinski definition) is 0. The fourth-order valence-electron chi connectivity index (χ4n) is 3.03. The van der Waals surface area contributed by atoms with Crippen molar-refractivity contribution in [1.29, 1.82) is 0 Å². The summed E-state index contributed by atoms with van der Waals surface area (Å²) in [5.74, 6) is 1.08. The van der Waals surface area contributed by atoms with Crippen LogP contribution in [0.25, 0.3) is 11.0 Å². The molecule has 1 aliphatic rings. The van der Waals surface area contributed by atoms with Crippen LogP contribution in [0.2, 0.25) is 0 Å². The van der Waals surface area contributed by atoms with Crippen molar-refractivity contribution in [3.63, 3.8) is 0 Å². The third kappa shape index (κ3) is 2.95. The van der Waals surface area contributed by atoms with Crippen molar-refractivity contribution in [3.8, 4) is 0 Å². The molecule has 23 heavy (non-hydrogen) atoms. The predicted molar refractivity (Wildman–Crippen MR) is 95.0 cm³/mol. The zero-order chi connectivity index (χ0) is 15.5. The van der Waals surface area contributed by atoms with Crippen LogP contribution in [0.1, 0.15) is 17.8 Å². The normalized spacial score (nSPS) is 14.2. The van der Waals surface area contributed by atoms with Gasteiger partial charge in [-0.2, -0.15) is 0 Å². The molecule has 2 heterocycles. The fraction of sp³-hybridized carbons (Fsp3) is 0.200. The second kappa shape index (κ2) is 6.21. The minimum absolute atomic E-state index is 0.790. The van der Waals surface area contributed by atoms with Gasteiger partial charge in [0.05, 0.1) is 11.0 Å². The molecule has 0 spiro atoms. The summed E-state index contributed by atoms with van der Waals surface area (Å²) in [6, 6.07) is 18.9. The minimum Gasteiger partial charge on any atom is -0.323 e. The Morgan fingerprint density at radius 1 is 0.957 bits per heavy atom. The number of nitrogens with zero attached hydrogens (tertiary/aromatic N) is 3. The Hall–Kier alpha value is -2.68. The Balaban J connectivity index is 1.75. The Kier molecular flexibility index (Phi) is 3.76. The van der Waals surface area contributed by atoms with Gasteiger partial charge >= 0.3 is 0 Å². The monoisotopic (exact) mass is 301 g/mol. The van der Waals surface area contributed by atoms with E-state index in [1.54, 1.807) is 0 Å². The lowest BCUT2D eigenvalue weighted by Crippen LogP contribution is -2.11. The van der Waals surface area contributed by atoms with Crippen LogP contribution in [0.15, 0.2) is 71.7 Å². The third-order valence-electron chi connectivity index (χ3n) is 4.18. The van der Waals surface area contributed by atoms with Gasteiger partial charge in [0.25, 0.3) is 0 Å². The highest BCUT2D eigenvalue weighted by molar-refractivity contribution is 5.97. The van der Waals surface area contributed by atoms with Gasteiger partial charge in [-0.15, -0.1) is 0 Å². The quantitative estimate of drug-likeness (QED) is 0.715. The Labute approximate surface area is 136 Å². The molecule has 0 fully saturated rings. The lowest BCUT2D eigenvalue weighted by atomic mass is 10.1. The van der Waals surface area contributed by atoms with E-state index in [9.17, 15) is 0 Å². The summed E-state index contributed by atoms with van der Waals surface area (Å²) >= 11 is 0. The molecule has 0 saturated carbocycles. The maximum Gasteiger partial charge on any atom is 0.116 e. The smallest absolute Gasteiger partial charge is 0.116 e. The second-order valence-corrected chi connectivity index (χ2v) is 5.83. The van der Waals surface area contributed by atoms with Gasteiger partial charge in [-0.25, -0.2) is 4.98 Å². The molecule has 4 rings (SSSR count). The molecule has 0 N–H and O–H groups in total. The average Bonchev–Trinajstić information content (AvgIpc) is 2.94. The van der Waals surface area contributed by atoms with Crippen molar-refractivity contribution in [2.45, 2.75) is 19.4 Å². The SMILES string of the molecule is C1=CC(Cc2nc3ccccc3n2Cc2ccccc2)=NCC1. The molecule has 0 aliphatic carbocycles. The highest BCUT2D eigenvalue weighted by Crippen LogP contribution is 2.19. The van der Waals surface area contributed by atoms with Crippen LogP contribution in [-0.4, -0.2) is 21.8 Å². The van der Waals surface area contributed by atoms with Crippen LogP contribution in [0.5, 0.6) is 0 Å². The van der Waals surface area contributed by atoms with Crippen molar-refractivity contribution in [1.82, 2.24) is 9.55 Å².